The molecular weight excluding hydrogens is 267 g/mol. The van der Waals surface area contributed by atoms with Gasteiger partial charge in [0.15, 0.2) is 0 Å². The lowest BCUT2D eigenvalue weighted by molar-refractivity contribution is -0.117. The third-order valence-corrected chi connectivity index (χ3v) is 3.72. The van der Waals surface area contributed by atoms with Gasteiger partial charge >= 0.3 is 0 Å². The van der Waals surface area contributed by atoms with Crippen molar-refractivity contribution in [3.05, 3.63) is 54.3 Å². The predicted octanol–water partition coefficient (Wildman–Crippen LogP) is 3.18. The molecule has 3 rings (SSSR count). The molecule has 1 unspecified atom stereocenters. The van der Waals surface area contributed by atoms with Gasteiger partial charge in [-0.3, -0.25) is 4.79 Å². The van der Waals surface area contributed by atoms with Gasteiger partial charge in [0.2, 0.25) is 5.91 Å². The van der Waals surface area contributed by atoms with Crippen LogP contribution in [-0.4, -0.2) is 18.5 Å². The summed E-state index contributed by atoms with van der Waals surface area (Å²) in [4.78, 5) is 12.2. The summed E-state index contributed by atoms with van der Waals surface area (Å²) in [6.07, 6.45) is 1.89. The van der Waals surface area contributed by atoms with Crippen molar-refractivity contribution < 1.29 is 9.18 Å². The summed E-state index contributed by atoms with van der Waals surface area (Å²) in [6.45, 7) is 0.887. The smallest absolute Gasteiger partial charge is 0.241 e. The van der Waals surface area contributed by atoms with Crippen LogP contribution in [-0.2, 0) is 4.79 Å². The van der Waals surface area contributed by atoms with Crippen LogP contribution in [0, 0.1) is 5.82 Å². The Bertz CT molecular complexity index is 633. The number of hydrogen-bond acceptors (Lipinski definition) is 2. The lowest BCUT2D eigenvalue weighted by Gasteiger charge is -2.14. The normalized spacial score (nSPS) is 17.7. The van der Waals surface area contributed by atoms with Crippen LogP contribution >= 0.6 is 0 Å². The Morgan fingerprint density at radius 1 is 1.14 bits per heavy atom. The van der Waals surface area contributed by atoms with Gasteiger partial charge in [-0.15, -0.1) is 0 Å². The maximum atomic E-state index is 13.0. The first kappa shape index (κ1) is 13.8. The third-order valence-electron chi connectivity index (χ3n) is 3.72. The highest BCUT2D eigenvalue weighted by Crippen LogP contribution is 2.28. The fourth-order valence-corrected chi connectivity index (χ4v) is 2.60. The lowest BCUT2D eigenvalue weighted by Crippen LogP contribution is -2.35. The molecule has 0 aromatic heterocycles. The number of halogens is 1. The number of anilines is 1. The molecule has 2 N–H and O–H groups in total. The van der Waals surface area contributed by atoms with E-state index in [1.54, 1.807) is 12.1 Å². The molecule has 21 heavy (non-hydrogen) atoms. The first-order chi connectivity index (χ1) is 10.2. The molecule has 1 amide bonds. The first-order valence-corrected chi connectivity index (χ1v) is 7.13. The van der Waals surface area contributed by atoms with Crippen LogP contribution in [0.25, 0.3) is 11.1 Å². The Morgan fingerprint density at radius 3 is 2.62 bits per heavy atom. The molecule has 3 nitrogen and oxygen atoms in total. The molecule has 2 aromatic rings. The second-order valence-electron chi connectivity index (χ2n) is 5.19. The van der Waals surface area contributed by atoms with E-state index in [1.807, 2.05) is 24.3 Å². The van der Waals surface area contributed by atoms with Crippen LogP contribution in [0.15, 0.2) is 48.5 Å². The van der Waals surface area contributed by atoms with E-state index in [9.17, 15) is 9.18 Å². The fraction of sp³-hybridized carbons (Fsp3) is 0.235. The highest BCUT2D eigenvalue weighted by atomic mass is 19.1. The van der Waals surface area contributed by atoms with E-state index < -0.39 is 0 Å². The highest BCUT2D eigenvalue weighted by Gasteiger charge is 2.22. The summed E-state index contributed by atoms with van der Waals surface area (Å²) in [5.41, 5.74) is 2.53. The number of para-hydroxylation sites is 1. The standard InChI is InChI=1S/C17H17FN2O/c18-13-9-7-12(8-10-13)14-4-1-2-5-15(14)20-17(21)16-6-3-11-19-16/h1-2,4-5,7-10,16,19H,3,6,11H2,(H,20,21). The molecule has 0 saturated carbocycles. The van der Waals surface area contributed by atoms with E-state index in [1.165, 1.54) is 12.1 Å². The number of carbonyl (C=O) groups excluding carboxylic acids is 1. The van der Waals surface area contributed by atoms with Crippen molar-refractivity contribution in [1.29, 1.82) is 0 Å². The minimum absolute atomic E-state index is 0.0120. The second-order valence-corrected chi connectivity index (χ2v) is 5.19. The number of benzene rings is 2. The monoisotopic (exact) mass is 284 g/mol. The summed E-state index contributed by atoms with van der Waals surface area (Å²) in [5, 5.41) is 6.15. The van der Waals surface area contributed by atoms with E-state index in [0.29, 0.717) is 0 Å². The molecule has 1 fully saturated rings. The van der Waals surface area contributed by atoms with Gasteiger partial charge in [-0.2, -0.15) is 0 Å². The Hall–Kier alpha value is -2.20. The molecule has 1 atom stereocenters. The van der Waals surface area contributed by atoms with Crippen molar-refractivity contribution >= 4 is 11.6 Å². The van der Waals surface area contributed by atoms with Gasteiger partial charge in [-0.05, 0) is 43.1 Å². The molecule has 4 heteroatoms. The molecule has 1 saturated heterocycles. The SMILES string of the molecule is O=C(Nc1ccccc1-c1ccc(F)cc1)C1CCCN1. The zero-order valence-electron chi connectivity index (χ0n) is 11.6. The molecule has 1 aliphatic heterocycles. The van der Waals surface area contributed by atoms with Crippen LogP contribution in [0.3, 0.4) is 0 Å². The van der Waals surface area contributed by atoms with E-state index in [-0.39, 0.29) is 17.8 Å². The molecule has 0 bridgehead atoms. The van der Waals surface area contributed by atoms with Gasteiger partial charge in [-0.1, -0.05) is 30.3 Å². The van der Waals surface area contributed by atoms with Crippen molar-refractivity contribution in [2.24, 2.45) is 0 Å². The maximum Gasteiger partial charge on any atom is 0.241 e. The zero-order chi connectivity index (χ0) is 14.7. The van der Waals surface area contributed by atoms with E-state index in [4.69, 9.17) is 0 Å². The summed E-state index contributed by atoms with van der Waals surface area (Å²) >= 11 is 0. The molecule has 1 aliphatic rings. The van der Waals surface area contributed by atoms with Gasteiger partial charge in [0.1, 0.15) is 5.82 Å². The van der Waals surface area contributed by atoms with Gasteiger partial charge in [0, 0.05) is 11.3 Å². The molecular formula is C17H17FN2O. The molecule has 1 heterocycles. The molecule has 0 spiro atoms. The van der Waals surface area contributed by atoms with Crippen molar-refractivity contribution in [3.8, 4) is 11.1 Å². The third kappa shape index (κ3) is 3.11. The fourth-order valence-electron chi connectivity index (χ4n) is 2.60. The van der Waals surface area contributed by atoms with Gasteiger partial charge < -0.3 is 10.6 Å². The molecule has 2 aromatic carbocycles. The quantitative estimate of drug-likeness (QED) is 0.909. The average molecular weight is 284 g/mol. The van der Waals surface area contributed by atoms with Gasteiger partial charge in [0.25, 0.3) is 0 Å². The van der Waals surface area contributed by atoms with E-state index in [0.717, 1.165) is 36.2 Å². The van der Waals surface area contributed by atoms with Crippen LogP contribution in [0.5, 0.6) is 0 Å². The molecule has 108 valence electrons. The lowest BCUT2D eigenvalue weighted by atomic mass is 10.0. The number of nitrogens with one attached hydrogen (secondary N) is 2. The van der Waals surface area contributed by atoms with Gasteiger partial charge in [0.05, 0.1) is 6.04 Å². The van der Waals surface area contributed by atoms with Crippen molar-refractivity contribution in [3.63, 3.8) is 0 Å². The van der Waals surface area contributed by atoms with Crippen molar-refractivity contribution in [2.75, 3.05) is 11.9 Å². The summed E-state index contributed by atoms with van der Waals surface area (Å²) in [5.74, 6) is -0.280. The second kappa shape index (κ2) is 6.06. The first-order valence-electron chi connectivity index (χ1n) is 7.13. The maximum absolute atomic E-state index is 13.0. The van der Waals surface area contributed by atoms with E-state index in [2.05, 4.69) is 10.6 Å². The van der Waals surface area contributed by atoms with Crippen LogP contribution in [0.1, 0.15) is 12.8 Å². The molecule has 0 radical (unpaired) electrons. The summed E-state index contributed by atoms with van der Waals surface area (Å²) in [6, 6.07) is 13.7. The number of amides is 1. The van der Waals surface area contributed by atoms with Crippen LogP contribution < -0.4 is 10.6 Å². The van der Waals surface area contributed by atoms with E-state index >= 15 is 0 Å². The van der Waals surface area contributed by atoms with Crippen molar-refractivity contribution in [2.45, 2.75) is 18.9 Å². The van der Waals surface area contributed by atoms with Crippen LogP contribution in [0.2, 0.25) is 0 Å². The summed E-state index contributed by atoms with van der Waals surface area (Å²) < 4.78 is 13.0. The minimum Gasteiger partial charge on any atom is -0.324 e. The minimum atomic E-state index is -0.268. The summed E-state index contributed by atoms with van der Waals surface area (Å²) in [7, 11) is 0. The molecule has 0 aliphatic carbocycles. The Kier molecular flexibility index (Phi) is 3.97. The number of hydrogen-bond donors (Lipinski definition) is 2. The van der Waals surface area contributed by atoms with Gasteiger partial charge in [-0.25, -0.2) is 4.39 Å². The predicted molar refractivity (Wildman–Crippen MR) is 81.5 cm³/mol. The zero-order valence-corrected chi connectivity index (χ0v) is 11.6. The largest absolute Gasteiger partial charge is 0.324 e. The number of rotatable bonds is 3. The Morgan fingerprint density at radius 2 is 1.90 bits per heavy atom. The Labute approximate surface area is 123 Å². The number of carbonyl (C=O) groups is 1. The Balaban J connectivity index is 1.85. The topological polar surface area (TPSA) is 41.1 Å². The highest BCUT2D eigenvalue weighted by molar-refractivity contribution is 5.98. The van der Waals surface area contributed by atoms with Crippen molar-refractivity contribution in [1.82, 2.24) is 5.32 Å². The van der Waals surface area contributed by atoms with Crippen LogP contribution in [0.4, 0.5) is 10.1 Å². The average Bonchev–Trinajstić information content (AvgIpc) is 3.03.